The van der Waals surface area contributed by atoms with Crippen molar-refractivity contribution in [2.24, 2.45) is 5.92 Å². The zero-order chi connectivity index (χ0) is 15.7. The molecule has 22 heavy (non-hydrogen) atoms. The van der Waals surface area contributed by atoms with Gasteiger partial charge in [0, 0.05) is 19.2 Å². The molecule has 0 aromatic heterocycles. The Balaban J connectivity index is 2.21. The van der Waals surface area contributed by atoms with E-state index in [0.29, 0.717) is 13.2 Å². The molecular formula is C19H21NO2. The van der Waals surface area contributed by atoms with E-state index in [4.69, 9.17) is 4.74 Å². The predicted molar refractivity (Wildman–Crippen MR) is 88.6 cm³/mol. The van der Waals surface area contributed by atoms with Gasteiger partial charge >= 0.3 is 0 Å². The normalized spacial score (nSPS) is 25.6. The first kappa shape index (κ1) is 14.6. The van der Waals surface area contributed by atoms with Gasteiger partial charge in [0.05, 0.1) is 5.57 Å². The standard InChI is InChI=1S/C19H21NO2/c1-13-7-6-10-22-17-9-5-4-8-15(17)18-16(14(2)11-13)12-20(3)19(18)21/h4-9,11,14H,10,12H2,1-3H3/b7-6-,13-11-. The van der Waals surface area contributed by atoms with Crippen LogP contribution in [0.4, 0.5) is 0 Å². The number of benzene rings is 1. The molecule has 1 atom stereocenters. The lowest BCUT2D eigenvalue weighted by molar-refractivity contribution is -0.122. The summed E-state index contributed by atoms with van der Waals surface area (Å²) >= 11 is 0. The number of carbonyl (C=O) groups is 1. The number of hydrogen-bond acceptors (Lipinski definition) is 2. The minimum absolute atomic E-state index is 0.0798. The van der Waals surface area contributed by atoms with Crippen LogP contribution in [0, 0.1) is 5.92 Å². The Bertz CT molecular complexity index is 697. The Morgan fingerprint density at radius 3 is 2.86 bits per heavy atom. The molecule has 3 heteroatoms. The van der Waals surface area contributed by atoms with Gasteiger partial charge in [-0.2, -0.15) is 0 Å². The van der Waals surface area contributed by atoms with Crippen LogP contribution in [0.3, 0.4) is 0 Å². The van der Waals surface area contributed by atoms with Crippen LogP contribution in [-0.2, 0) is 4.79 Å². The average Bonchev–Trinajstić information content (AvgIpc) is 2.78. The number of amides is 1. The van der Waals surface area contributed by atoms with Gasteiger partial charge in [0.2, 0.25) is 0 Å². The molecule has 114 valence electrons. The second-order valence-electron chi connectivity index (χ2n) is 5.97. The molecule has 1 aromatic rings. The molecular weight excluding hydrogens is 274 g/mol. The Hall–Kier alpha value is -2.29. The summed E-state index contributed by atoms with van der Waals surface area (Å²) in [6.07, 6.45) is 6.30. The van der Waals surface area contributed by atoms with Crippen molar-refractivity contribution in [1.82, 2.24) is 4.90 Å². The van der Waals surface area contributed by atoms with Crippen LogP contribution in [0.5, 0.6) is 5.75 Å². The van der Waals surface area contributed by atoms with Crippen LogP contribution in [0.25, 0.3) is 5.57 Å². The maximum atomic E-state index is 12.7. The van der Waals surface area contributed by atoms with E-state index in [1.807, 2.05) is 37.4 Å². The number of hydrogen-bond donors (Lipinski definition) is 0. The monoisotopic (exact) mass is 295 g/mol. The summed E-state index contributed by atoms with van der Waals surface area (Å²) in [5, 5.41) is 0. The maximum absolute atomic E-state index is 12.7. The molecule has 0 saturated carbocycles. The van der Waals surface area contributed by atoms with Crippen LogP contribution in [-0.4, -0.2) is 31.0 Å². The first-order chi connectivity index (χ1) is 10.6. The Morgan fingerprint density at radius 2 is 2.05 bits per heavy atom. The van der Waals surface area contributed by atoms with Gasteiger partial charge in [-0.1, -0.05) is 42.8 Å². The predicted octanol–water partition coefficient (Wildman–Crippen LogP) is 3.44. The van der Waals surface area contributed by atoms with E-state index in [1.165, 1.54) is 11.1 Å². The van der Waals surface area contributed by atoms with Gasteiger partial charge in [-0.05, 0) is 30.6 Å². The summed E-state index contributed by atoms with van der Waals surface area (Å²) in [6, 6.07) is 7.81. The molecule has 3 nitrogen and oxygen atoms in total. The quantitative estimate of drug-likeness (QED) is 0.734. The van der Waals surface area contributed by atoms with Gasteiger partial charge in [0.1, 0.15) is 12.4 Å². The van der Waals surface area contributed by atoms with Crippen LogP contribution in [0.15, 0.2) is 53.6 Å². The summed E-state index contributed by atoms with van der Waals surface area (Å²) in [4.78, 5) is 14.4. The highest BCUT2D eigenvalue weighted by Crippen LogP contribution is 2.37. The molecule has 3 rings (SSSR count). The summed E-state index contributed by atoms with van der Waals surface area (Å²) in [5.74, 6) is 1.07. The van der Waals surface area contributed by atoms with E-state index < -0.39 is 0 Å². The summed E-state index contributed by atoms with van der Waals surface area (Å²) < 4.78 is 5.88. The number of para-hydroxylation sites is 1. The molecule has 2 aliphatic heterocycles. The second kappa shape index (κ2) is 5.84. The van der Waals surface area contributed by atoms with Crippen LogP contribution >= 0.6 is 0 Å². The Kier molecular flexibility index (Phi) is 3.88. The van der Waals surface area contributed by atoms with Crippen molar-refractivity contribution >= 4 is 11.5 Å². The SMILES string of the molecule is CC1=C/C(C)C2=C(C(=O)N(C)C2)c2ccccc2OC/C=C\1. The van der Waals surface area contributed by atoms with Crippen molar-refractivity contribution in [3.63, 3.8) is 0 Å². The smallest absolute Gasteiger partial charge is 0.254 e. The van der Waals surface area contributed by atoms with E-state index in [2.05, 4.69) is 26.0 Å². The first-order valence-corrected chi connectivity index (χ1v) is 7.63. The third kappa shape index (κ3) is 2.59. The second-order valence-corrected chi connectivity index (χ2v) is 5.97. The molecule has 0 fully saturated rings. The molecule has 2 aliphatic rings. The number of allylic oxidation sites excluding steroid dienone is 3. The fourth-order valence-corrected chi connectivity index (χ4v) is 3.12. The van der Waals surface area contributed by atoms with Crippen molar-refractivity contribution in [2.45, 2.75) is 13.8 Å². The fourth-order valence-electron chi connectivity index (χ4n) is 3.12. The van der Waals surface area contributed by atoms with E-state index in [9.17, 15) is 4.79 Å². The van der Waals surface area contributed by atoms with Crippen molar-refractivity contribution in [1.29, 1.82) is 0 Å². The minimum Gasteiger partial charge on any atom is -0.489 e. The third-order valence-corrected chi connectivity index (χ3v) is 4.22. The van der Waals surface area contributed by atoms with Gasteiger partial charge in [0.15, 0.2) is 0 Å². The van der Waals surface area contributed by atoms with E-state index in [-0.39, 0.29) is 11.8 Å². The number of rotatable bonds is 0. The fraction of sp³-hybridized carbons (Fsp3) is 0.316. The minimum atomic E-state index is 0.0798. The van der Waals surface area contributed by atoms with Gasteiger partial charge < -0.3 is 9.64 Å². The largest absolute Gasteiger partial charge is 0.489 e. The van der Waals surface area contributed by atoms with Crippen molar-refractivity contribution in [3.8, 4) is 5.75 Å². The summed E-state index contributed by atoms with van der Waals surface area (Å²) in [5.41, 5.74) is 4.06. The molecule has 0 spiro atoms. The topological polar surface area (TPSA) is 29.5 Å². The average molecular weight is 295 g/mol. The van der Waals surface area contributed by atoms with Crippen molar-refractivity contribution in [3.05, 3.63) is 59.2 Å². The molecule has 0 N–H and O–H groups in total. The molecule has 0 aliphatic carbocycles. The molecule has 2 heterocycles. The highest BCUT2D eigenvalue weighted by molar-refractivity contribution is 6.23. The molecule has 0 saturated heterocycles. The lowest BCUT2D eigenvalue weighted by Crippen LogP contribution is -2.22. The summed E-state index contributed by atoms with van der Waals surface area (Å²) in [7, 11) is 1.86. The number of carbonyl (C=O) groups excluding carboxylic acids is 1. The number of likely N-dealkylation sites (N-methyl/N-ethyl adjacent to an activating group) is 1. The van der Waals surface area contributed by atoms with Crippen molar-refractivity contribution in [2.75, 3.05) is 20.2 Å². The first-order valence-electron chi connectivity index (χ1n) is 7.63. The number of nitrogens with zero attached hydrogens (tertiary/aromatic N) is 1. The number of ether oxygens (including phenoxy) is 1. The molecule has 1 amide bonds. The molecule has 0 radical (unpaired) electrons. The maximum Gasteiger partial charge on any atom is 0.254 e. The van der Waals surface area contributed by atoms with E-state index in [1.54, 1.807) is 4.90 Å². The lowest BCUT2D eigenvalue weighted by Gasteiger charge is -2.13. The van der Waals surface area contributed by atoms with Gasteiger partial charge in [0.25, 0.3) is 5.91 Å². The number of fused-ring (bicyclic) bond motifs is 2. The highest BCUT2D eigenvalue weighted by atomic mass is 16.5. The van der Waals surface area contributed by atoms with Gasteiger partial charge in [-0.15, -0.1) is 0 Å². The summed E-state index contributed by atoms with van der Waals surface area (Å²) in [6.45, 7) is 5.42. The lowest BCUT2D eigenvalue weighted by atomic mass is 9.91. The highest BCUT2D eigenvalue weighted by Gasteiger charge is 2.32. The van der Waals surface area contributed by atoms with Crippen molar-refractivity contribution < 1.29 is 9.53 Å². The van der Waals surface area contributed by atoms with E-state index >= 15 is 0 Å². The van der Waals surface area contributed by atoms with Crippen LogP contribution in [0.2, 0.25) is 0 Å². The molecule has 1 unspecified atom stereocenters. The third-order valence-electron chi connectivity index (χ3n) is 4.22. The molecule has 0 bridgehead atoms. The molecule has 1 aromatic carbocycles. The van der Waals surface area contributed by atoms with E-state index in [0.717, 1.165) is 16.9 Å². The van der Waals surface area contributed by atoms with Gasteiger partial charge in [-0.25, -0.2) is 0 Å². The van der Waals surface area contributed by atoms with Gasteiger partial charge in [-0.3, -0.25) is 4.79 Å². The zero-order valence-corrected chi connectivity index (χ0v) is 13.3. The Labute approximate surface area is 131 Å². The Morgan fingerprint density at radius 1 is 1.27 bits per heavy atom. The van der Waals surface area contributed by atoms with Crippen LogP contribution in [0.1, 0.15) is 19.4 Å². The van der Waals surface area contributed by atoms with Crippen LogP contribution < -0.4 is 4.74 Å². The zero-order valence-electron chi connectivity index (χ0n) is 13.3.